The maximum atomic E-state index is 13.9. The van der Waals surface area contributed by atoms with Gasteiger partial charge in [0.1, 0.15) is 0 Å². The van der Waals surface area contributed by atoms with E-state index in [4.69, 9.17) is 4.74 Å². The first kappa shape index (κ1) is 21.7. The van der Waals surface area contributed by atoms with Crippen LogP contribution < -0.4 is 4.74 Å². The number of methoxy groups -OCH3 is 1. The zero-order valence-electron chi connectivity index (χ0n) is 17.1. The van der Waals surface area contributed by atoms with Crippen molar-refractivity contribution in [2.45, 2.75) is 18.0 Å². The first-order chi connectivity index (χ1) is 13.8. The fourth-order valence-corrected chi connectivity index (χ4v) is 4.42. The monoisotopic (exact) mass is 421 g/mol. The summed E-state index contributed by atoms with van der Waals surface area (Å²) in [4.78, 5) is 4.93. The molecule has 158 valence electrons. The molecule has 29 heavy (non-hydrogen) atoms. The molecule has 2 aromatic carbocycles. The number of hydrogen-bond donors (Lipinski definition) is 0. The van der Waals surface area contributed by atoms with Crippen LogP contribution in [0.15, 0.2) is 47.4 Å². The fourth-order valence-electron chi connectivity index (χ4n) is 3.45. The average molecular weight is 422 g/mol. The van der Waals surface area contributed by atoms with Gasteiger partial charge in [0.25, 0.3) is 0 Å². The molecule has 0 unspecified atom stereocenters. The summed E-state index contributed by atoms with van der Waals surface area (Å²) in [7, 11) is 1.11. The van der Waals surface area contributed by atoms with Crippen molar-refractivity contribution in [1.29, 1.82) is 0 Å². The summed E-state index contributed by atoms with van der Waals surface area (Å²) in [6.07, 6.45) is 0. The molecule has 0 amide bonds. The van der Waals surface area contributed by atoms with Gasteiger partial charge in [-0.15, -0.1) is 0 Å². The van der Waals surface area contributed by atoms with E-state index in [0.717, 1.165) is 37.3 Å². The van der Waals surface area contributed by atoms with Gasteiger partial charge >= 0.3 is 0 Å². The molecular formula is C21H28FN3O3S. The van der Waals surface area contributed by atoms with Crippen molar-refractivity contribution in [3.8, 4) is 5.75 Å². The van der Waals surface area contributed by atoms with Gasteiger partial charge < -0.3 is 4.74 Å². The molecule has 6 nitrogen and oxygen atoms in total. The zero-order chi connectivity index (χ0) is 21.0. The highest BCUT2D eigenvalue weighted by atomic mass is 32.2. The molecule has 0 bridgehead atoms. The molecule has 1 aliphatic heterocycles. The van der Waals surface area contributed by atoms with Gasteiger partial charge in [-0.25, -0.2) is 17.1 Å². The fraction of sp³-hybridized carbons (Fsp3) is 0.429. The molecule has 2 aromatic rings. The molecule has 8 heteroatoms. The van der Waals surface area contributed by atoms with Crippen LogP contribution in [0.2, 0.25) is 0 Å². The van der Waals surface area contributed by atoms with Crippen molar-refractivity contribution in [3.63, 3.8) is 0 Å². The van der Waals surface area contributed by atoms with Crippen LogP contribution in [-0.4, -0.2) is 69.9 Å². The van der Waals surface area contributed by atoms with Gasteiger partial charge in [-0.05, 0) is 35.4 Å². The van der Waals surface area contributed by atoms with Crippen LogP contribution in [0, 0.1) is 5.82 Å². The summed E-state index contributed by atoms with van der Waals surface area (Å²) in [6, 6.07) is 12.2. The van der Waals surface area contributed by atoms with Gasteiger partial charge in [-0.1, -0.05) is 18.2 Å². The summed E-state index contributed by atoms with van der Waals surface area (Å²) in [5.74, 6) is -0.0757. The predicted molar refractivity (Wildman–Crippen MR) is 111 cm³/mol. The van der Waals surface area contributed by atoms with Crippen LogP contribution in [0.25, 0.3) is 0 Å². The number of benzene rings is 2. The lowest BCUT2D eigenvalue weighted by molar-refractivity contribution is 0.122. The van der Waals surface area contributed by atoms with E-state index in [9.17, 15) is 12.8 Å². The van der Waals surface area contributed by atoms with E-state index in [1.54, 1.807) is 24.3 Å². The van der Waals surface area contributed by atoms with Crippen LogP contribution >= 0.6 is 0 Å². The Labute approximate surface area is 172 Å². The molecule has 0 atom stereocenters. The summed E-state index contributed by atoms with van der Waals surface area (Å²) in [5, 5.41) is 0. The Hall–Kier alpha value is -2.00. The average Bonchev–Trinajstić information content (AvgIpc) is 2.70. The molecule has 0 saturated carbocycles. The van der Waals surface area contributed by atoms with E-state index in [2.05, 4.69) is 9.80 Å². The van der Waals surface area contributed by atoms with Crippen molar-refractivity contribution < 1.29 is 17.5 Å². The van der Waals surface area contributed by atoms with E-state index in [0.29, 0.717) is 18.0 Å². The molecule has 0 spiro atoms. The summed E-state index contributed by atoms with van der Waals surface area (Å²) in [5.41, 5.74) is 1.91. The quantitative estimate of drug-likeness (QED) is 0.687. The minimum atomic E-state index is -3.43. The summed E-state index contributed by atoms with van der Waals surface area (Å²) in [6.45, 7) is 4.92. The van der Waals surface area contributed by atoms with Gasteiger partial charge in [0.15, 0.2) is 11.6 Å². The van der Waals surface area contributed by atoms with Crippen LogP contribution in [-0.2, 0) is 23.1 Å². The minimum absolute atomic E-state index is 0.261. The van der Waals surface area contributed by atoms with Gasteiger partial charge in [-0.2, -0.15) is 0 Å². The molecule has 0 N–H and O–H groups in total. The minimum Gasteiger partial charge on any atom is -0.494 e. The molecule has 0 aliphatic carbocycles. The lowest BCUT2D eigenvalue weighted by Gasteiger charge is -2.34. The lowest BCUT2D eigenvalue weighted by Crippen LogP contribution is -2.45. The molecule has 0 aromatic heterocycles. The zero-order valence-corrected chi connectivity index (χ0v) is 18.0. The Morgan fingerprint density at radius 2 is 1.55 bits per heavy atom. The van der Waals surface area contributed by atoms with E-state index in [-0.39, 0.29) is 11.6 Å². The molecule has 3 rings (SSSR count). The van der Waals surface area contributed by atoms with E-state index in [1.165, 1.54) is 31.6 Å². The van der Waals surface area contributed by atoms with Crippen molar-refractivity contribution in [2.24, 2.45) is 0 Å². The molecular weight excluding hydrogens is 393 g/mol. The van der Waals surface area contributed by atoms with Crippen LogP contribution in [0.4, 0.5) is 4.39 Å². The second-order valence-corrected chi connectivity index (χ2v) is 9.61. The van der Waals surface area contributed by atoms with Gasteiger partial charge in [0.05, 0.1) is 12.0 Å². The Balaban J connectivity index is 1.56. The highest BCUT2D eigenvalue weighted by Crippen LogP contribution is 2.20. The third-order valence-corrected chi connectivity index (χ3v) is 6.98. The first-order valence-corrected chi connectivity index (χ1v) is 11.0. The van der Waals surface area contributed by atoms with Crippen molar-refractivity contribution in [1.82, 2.24) is 14.1 Å². The summed E-state index contributed by atoms with van der Waals surface area (Å²) >= 11 is 0. The highest BCUT2D eigenvalue weighted by molar-refractivity contribution is 7.89. The standard InChI is InChI=1S/C21H28FN3O3S/c1-23(2)29(26,27)19-6-4-5-17(13-19)15-24-9-11-25(12-10-24)16-18-7-8-21(28-3)20(22)14-18/h4-8,13-14H,9-12,15-16H2,1-3H3. The number of rotatable bonds is 7. The second-order valence-electron chi connectivity index (χ2n) is 7.46. The number of nitrogens with zero attached hydrogens (tertiary/aromatic N) is 3. The Bertz CT molecular complexity index is 942. The lowest BCUT2D eigenvalue weighted by atomic mass is 10.1. The molecule has 1 aliphatic rings. The Morgan fingerprint density at radius 3 is 2.07 bits per heavy atom. The number of halogens is 1. The third kappa shape index (κ3) is 5.33. The van der Waals surface area contributed by atoms with E-state index < -0.39 is 10.0 Å². The normalized spacial score (nSPS) is 16.3. The Kier molecular flexibility index (Phi) is 6.89. The largest absolute Gasteiger partial charge is 0.494 e. The highest BCUT2D eigenvalue weighted by Gasteiger charge is 2.20. The smallest absolute Gasteiger partial charge is 0.242 e. The number of hydrogen-bond acceptors (Lipinski definition) is 5. The molecule has 0 radical (unpaired) electrons. The first-order valence-electron chi connectivity index (χ1n) is 9.58. The maximum absolute atomic E-state index is 13.9. The van der Waals surface area contributed by atoms with Crippen molar-refractivity contribution >= 4 is 10.0 Å². The predicted octanol–water partition coefficient (Wildman–Crippen LogP) is 2.40. The van der Waals surface area contributed by atoms with Crippen LogP contribution in [0.3, 0.4) is 0 Å². The third-order valence-electron chi connectivity index (χ3n) is 5.17. The maximum Gasteiger partial charge on any atom is 0.242 e. The Morgan fingerprint density at radius 1 is 0.966 bits per heavy atom. The van der Waals surface area contributed by atoms with Crippen molar-refractivity contribution in [3.05, 3.63) is 59.4 Å². The topological polar surface area (TPSA) is 53.1 Å². The van der Waals surface area contributed by atoms with Gasteiger partial charge in [0, 0.05) is 53.4 Å². The molecule has 1 saturated heterocycles. The number of sulfonamides is 1. The van der Waals surface area contributed by atoms with E-state index >= 15 is 0 Å². The van der Waals surface area contributed by atoms with E-state index in [1.807, 2.05) is 12.1 Å². The van der Waals surface area contributed by atoms with Gasteiger partial charge in [0.2, 0.25) is 10.0 Å². The number of piperazine rings is 1. The van der Waals surface area contributed by atoms with Crippen molar-refractivity contribution in [2.75, 3.05) is 47.4 Å². The molecule has 1 fully saturated rings. The van der Waals surface area contributed by atoms with Crippen LogP contribution in [0.5, 0.6) is 5.75 Å². The number of ether oxygens (including phenoxy) is 1. The SMILES string of the molecule is COc1ccc(CN2CCN(Cc3cccc(S(=O)(=O)N(C)C)c3)CC2)cc1F. The molecule has 1 heterocycles. The summed E-state index contributed by atoms with van der Waals surface area (Å²) < 4.78 is 44.7. The van der Waals surface area contributed by atoms with Crippen LogP contribution in [0.1, 0.15) is 11.1 Å². The van der Waals surface area contributed by atoms with Gasteiger partial charge in [-0.3, -0.25) is 9.80 Å². The second kappa shape index (κ2) is 9.21.